The fraction of sp³-hybridized carbons (Fsp3) is 0.385. The highest BCUT2D eigenvalue weighted by molar-refractivity contribution is 7.90. The minimum absolute atomic E-state index is 0.217. The van der Waals surface area contributed by atoms with Gasteiger partial charge in [0.2, 0.25) is 0 Å². The highest BCUT2D eigenvalue weighted by Gasteiger charge is 2.24. The SMILES string of the molecule is O=S(=O)(Nc1c[nH]c2cc(F)c(F)cc12)N1CCCCC1. The molecule has 0 bridgehead atoms. The first-order valence-electron chi connectivity index (χ1n) is 6.71. The number of fused-ring (bicyclic) bond motifs is 1. The van der Waals surface area contributed by atoms with Gasteiger partial charge in [0.25, 0.3) is 0 Å². The van der Waals surface area contributed by atoms with Crippen LogP contribution in [0.1, 0.15) is 19.3 Å². The third kappa shape index (κ3) is 2.73. The fourth-order valence-electron chi connectivity index (χ4n) is 2.51. The predicted molar refractivity (Wildman–Crippen MR) is 76.2 cm³/mol. The summed E-state index contributed by atoms with van der Waals surface area (Å²) in [6.07, 6.45) is 4.07. The molecule has 5 nitrogen and oxygen atoms in total. The molecular formula is C13H15F2N3O2S. The second-order valence-corrected chi connectivity index (χ2v) is 6.75. The second kappa shape index (κ2) is 5.27. The minimum atomic E-state index is -3.67. The molecule has 1 aliphatic rings. The van der Waals surface area contributed by atoms with Crippen LogP contribution in [-0.2, 0) is 10.2 Å². The molecule has 8 heteroatoms. The Bertz CT molecular complexity index is 767. The van der Waals surface area contributed by atoms with Crippen molar-refractivity contribution in [2.75, 3.05) is 17.8 Å². The van der Waals surface area contributed by atoms with Crippen LogP contribution in [0.3, 0.4) is 0 Å². The Labute approximate surface area is 121 Å². The summed E-state index contributed by atoms with van der Waals surface area (Å²) in [4.78, 5) is 2.73. The molecule has 0 radical (unpaired) electrons. The van der Waals surface area contributed by atoms with E-state index in [0.29, 0.717) is 24.0 Å². The van der Waals surface area contributed by atoms with Crippen molar-refractivity contribution in [1.82, 2.24) is 9.29 Å². The van der Waals surface area contributed by atoms with Crippen LogP contribution in [0.5, 0.6) is 0 Å². The average Bonchev–Trinajstić information content (AvgIpc) is 2.82. The largest absolute Gasteiger partial charge is 0.359 e. The maximum atomic E-state index is 13.3. The number of nitrogens with zero attached hydrogens (tertiary/aromatic N) is 1. The Hall–Kier alpha value is -1.67. The third-order valence-corrected chi connectivity index (χ3v) is 5.14. The normalized spacial score (nSPS) is 17.2. The van der Waals surface area contributed by atoms with E-state index < -0.39 is 21.8 Å². The number of benzene rings is 1. The monoisotopic (exact) mass is 315 g/mol. The van der Waals surface area contributed by atoms with Gasteiger partial charge in [0.15, 0.2) is 11.6 Å². The number of rotatable bonds is 3. The molecule has 0 unspecified atom stereocenters. The molecule has 1 saturated heterocycles. The Morgan fingerprint density at radius 2 is 1.76 bits per heavy atom. The topological polar surface area (TPSA) is 65.2 Å². The zero-order valence-electron chi connectivity index (χ0n) is 11.2. The zero-order chi connectivity index (χ0) is 15.0. The van der Waals surface area contributed by atoms with E-state index in [2.05, 4.69) is 9.71 Å². The van der Waals surface area contributed by atoms with Gasteiger partial charge in [-0.05, 0) is 18.9 Å². The second-order valence-electron chi connectivity index (χ2n) is 5.08. The summed E-state index contributed by atoms with van der Waals surface area (Å²) in [5.74, 6) is -1.99. The first-order valence-corrected chi connectivity index (χ1v) is 8.15. The number of anilines is 1. The zero-order valence-corrected chi connectivity index (χ0v) is 12.0. The Kier molecular flexibility index (Phi) is 3.58. The maximum Gasteiger partial charge on any atom is 0.301 e. The molecule has 2 aromatic rings. The summed E-state index contributed by atoms with van der Waals surface area (Å²) in [6.45, 7) is 0.946. The van der Waals surface area contributed by atoms with E-state index in [1.165, 1.54) is 10.5 Å². The lowest BCUT2D eigenvalue weighted by atomic mass is 10.2. The number of halogens is 2. The lowest BCUT2D eigenvalue weighted by Gasteiger charge is -2.26. The lowest BCUT2D eigenvalue weighted by molar-refractivity contribution is 0.349. The van der Waals surface area contributed by atoms with Crippen LogP contribution in [0.4, 0.5) is 14.5 Å². The molecule has 114 valence electrons. The van der Waals surface area contributed by atoms with Crippen LogP contribution in [0.25, 0.3) is 10.9 Å². The van der Waals surface area contributed by atoms with Crippen molar-refractivity contribution in [2.24, 2.45) is 0 Å². The summed E-state index contributed by atoms with van der Waals surface area (Å²) < 4.78 is 54.8. The van der Waals surface area contributed by atoms with E-state index in [4.69, 9.17) is 0 Å². The van der Waals surface area contributed by atoms with Crippen LogP contribution in [0.15, 0.2) is 18.3 Å². The van der Waals surface area contributed by atoms with Gasteiger partial charge in [-0.25, -0.2) is 8.78 Å². The molecule has 0 atom stereocenters. The predicted octanol–water partition coefficient (Wildman–Crippen LogP) is 2.59. The third-order valence-electron chi connectivity index (χ3n) is 3.62. The van der Waals surface area contributed by atoms with Gasteiger partial charge in [0.05, 0.1) is 11.2 Å². The van der Waals surface area contributed by atoms with E-state index in [9.17, 15) is 17.2 Å². The molecule has 0 aliphatic carbocycles. The minimum Gasteiger partial charge on any atom is -0.359 e. The summed E-state index contributed by atoms with van der Waals surface area (Å²) in [5.41, 5.74) is 0.555. The van der Waals surface area contributed by atoms with E-state index in [-0.39, 0.29) is 5.69 Å². The molecule has 0 spiro atoms. The Morgan fingerprint density at radius 1 is 1.10 bits per heavy atom. The molecule has 0 amide bonds. The van der Waals surface area contributed by atoms with Crippen molar-refractivity contribution in [1.29, 1.82) is 0 Å². The van der Waals surface area contributed by atoms with E-state index in [1.54, 1.807) is 0 Å². The van der Waals surface area contributed by atoms with E-state index in [0.717, 1.165) is 31.4 Å². The van der Waals surface area contributed by atoms with Crippen molar-refractivity contribution < 1.29 is 17.2 Å². The summed E-state index contributed by atoms with van der Waals surface area (Å²) in [6, 6.07) is 1.98. The van der Waals surface area contributed by atoms with Crippen LogP contribution < -0.4 is 4.72 Å². The Balaban J connectivity index is 1.92. The number of hydrogen-bond donors (Lipinski definition) is 2. The summed E-state index contributed by atoms with van der Waals surface area (Å²) >= 11 is 0. The van der Waals surface area contributed by atoms with Gasteiger partial charge in [-0.15, -0.1) is 0 Å². The molecule has 2 N–H and O–H groups in total. The number of aromatic nitrogens is 1. The number of hydrogen-bond acceptors (Lipinski definition) is 2. The molecule has 2 heterocycles. The first kappa shape index (κ1) is 14.3. The van der Waals surface area contributed by atoms with Crippen LogP contribution in [-0.4, -0.2) is 30.8 Å². The number of nitrogens with one attached hydrogen (secondary N) is 2. The van der Waals surface area contributed by atoms with Gasteiger partial charge in [-0.2, -0.15) is 12.7 Å². The molecule has 1 aliphatic heterocycles. The van der Waals surface area contributed by atoms with Crippen LogP contribution in [0, 0.1) is 11.6 Å². The molecule has 1 aromatic heterocycles. The standard InChI is InChI=1S/C13H15F2N3O2S/c14-10-6-9-12(7-11(10)15)16-8-13(9)17-21(19,20)18-4-2-1-3-5-18/h6-8,16-17H,1-5H2. The highest BCUT2D eigenvalue weighted by atomic mass is 32.2. The molecule has 1 fully saturated rings. The lowest BCUT2D eigenvalue weighted by Crippen LogP contribution is -2.39. The van der Waals surface area contributed by atoms with Gasteiger partial charge < -0.3 is 4.98 Å². The molecular weight excluding hydrogens is 300 g/mol. The van der Waals surface area contributed by atoms with Crippen molar-refractivity contribution >= 4 is 26.8 Å². The smallest absolute Gasteiger partial charge is 0.301 e. The van der Waals surface area contributed by atoms with Crippen LogP contribution in [0.2, 0.25) is 0 Å². The summed E-state index contributed by atoms with van der Waals surface area (Å²) in [7, 11) is -3.67. The Morgan fingerprint density at radius 3 is 2.48 bits per heavy atom. The van der Waals surface area contributed by atoms with Crippen molar-refractivity contribution in [3.63, 3.8) is 0 Å². The number of H-pyrrole nitrogens is 1. The molecule has 1 aromatic carbocycles. The number of aromatic amines is 1. The highest BCUT2D eigenvalue weighted by Crippen LogP contribution is 2.27. The van der Waals surface area contributed by atoms with Gasteiger partial charge >= 0.3 is 10.2 Å². The average molecular weight is 315 g/mol. The number of piperidine rings is 1. The molecule has 21 heavy (non-hydrogen) atoms. The van der Waals surface area contributed by atoms with Gasteiger partial charge in [-0.1, -0.05) is 6.42 Å². The van der Waals surface area contributed by atoms with Gasteiger partial charge in [0.1, 0.15) is 0 Å². The van der Waals surface area contributed by atoms with Gasteiger partial charge in [0, 0.05) is 30.7 Å². The molecule has 0 saturated carbocycles. The van der Waals surface area contributed by atoms with E-state index in [1.807, 2.05) is 0 Å². The molecule has 3 rings (SSSR count). The fourth-order valence-corrected chi connectivity index (χ4v) is 3.82. The van der Waals surface area contributed by atoms with Crippen molar-refractivity contribution in [2.45, 2.75) is 19.3 Å². The van der Waals surface area contributed by atoms with Crippen molar-refractivity contribution in [3.8, 4) is 0 Å². The maximum absolute atomic E-state index is 13.3. The van der Waals surface area contributed by atoms with E-state index >= 15 is 0 Å². The van der Waals surface area contributed by atoms with Crippen LogP contribution >= 0.6 is 0 Å². The van der Waals surface area contributed by atoms with Gasteiger partial charge in [-0.3, -0.25) is 4.72 Å². The first-order chi connectivity index (χ1) is 9.97. The quantitative estimate of drug-likeness (QED) is 0.914. The van der Waals surface area contributed by atoms with Crippen molar-refractivity contribution in [3.05, 3.63) is 30.0 Å². The summed E-state index contributed by atoms with van der Waals surface area (Å²) in [5, 5.41) is 0.300.